The number of sulfonamides is 1. The molecule has 122 valence electrons. The minimum atomic E-state index is -3.45. The average Bonchev–Trinajstić information content (AvgIpc) is 2.78. The van der Waals surface area contributed by atoms with Crippen molar-refractivity contribution in [2.75, 3.05) is 12.0 Å². The number of thioether (sulfide) groups is 1. The Kier molecular flexibility index (Phi) is 7.26. The van der Waals surface area contributed by atoms with Crippen LogP contribution in [0.15, 0.2) is 17.2 Å². The van der Waals surface area contributed by atoms with Crippen molar-refractivity contribution in [3.05, 3.63) is 18.0 Å². The quantitative estimate of drug-likeness (QED) is 0.725. The zero-order valence-electron chi connectivity index (χ0n) is 13.5. The van der Waals surface area contributed by atoms with Crippen molar-refractivity contribution in [2.45, 2.75) is 50.7 Å². The summed E-state index contributed by atoms with van der Waals surface area (Å²) in [7, 11) is -1.58. The maximum absolute atomic E-state index is 12.4. The van der Waals surface area contributed by atoms with Crippen molar-refractivity contribution < 1.29 is 8.42 Å². The maximum Gasteiger partial charge on any atom is 0.242 e. The first-order valence-corrected chi connectivity index (χ1v) is 10.1. The Bertz CT molecular complexity index is 538. The lowest BCUT2D eigenvalue weighted by molar-refractivity contribution is 0.558. The number of rotatable bonds is 9. The second kappa shape index (κ2) is 8.22. The van der Waals surface area contributed by atoms with Gasteiger partial charge in [-0.1, -0.05) is 20.8 Å². The first-order chi connectivity index (χ1) is 9.80. The lowest BCUT2D eigenvalue weighted by atomic mass is 10.3. The first-order valence-electron chi connectivity index (χ1n) is 7.20. The van der Waals surface area contributed by atoms with Gasteiger partial charge in [-0.05, 0) is 18.7 Å². The Hall–Kier alpha value is -0.500. The summed E-state index contributed by atoms with van der Waals surface area (Å²) in [6.07, 6.45) is 4.44. The van der Waals surface area contributed by atoms with Crippen LogP contribution in [0.1, 0.15) is 32.9 Å². The fourth-order valence-electron chi connectivity index (χ4n) is 1.93. The number of aryl methyl sites for hydroxylation is 1. The zero-order chi connectivity index (χ0) is 16.0. The predicted molar refractivity (Wildman–Crippen MR) is 90.2 cm³/mol. The normalized spacial score (nSPS) is 13.8. The molecule has 2 N–H and O–H groups in total. The van der Waals surface area contributed by atoms with E-state index in [1.165, 1.54) is 0 Å². The molecule has 1 aromatic heterocycles. The molecule has 0 radical (unpaired) electrons. The third-order valence-corrected chi connectivity index (χ3v) is 5.49. The van der Waals surface area contributed by atoms with Crippen LogP contribution in [0.3, 0.4) is 0 Å². The summed E-state index contributed by atoms with van der Waals surface area (Å²) >= 11 is 1.65. The van der Waals surface area contributed by atoms with E-state index >= 15 is 0 Å². The topological polar surface area (TPSA) is 63.1 Å². The van der Waals surface area contributed by atoms with Gasteiger partial charge < -0.3 is 9.88 Å². The highest BCUT2D eigenvalue weighted by atomic mass is 32.2. The third kappa shape index (κ3) is 5.65. The van der Waals surface area contributed by atoms with E-state index in [0.717, 1.165) is 17.9 Å². The van der Waals surface area contributed by atoms with E-state index in [9.17, 15) is 8.42 Å². The summed E-state index contributed by atoms with van der Waals surface area (Å²) in [6, 6.07) is 2.08. The minimum Gasteiger partial charge on any atom is -0.352 e. The molecule has 1 unspecified atom stereocenters. The molecule has 0 aromatic carbocycles. The van der Waals surface area contributed by atoms with Gasteiger partial charge in [0.25, 0.3) is 0 Å². The first kappa shape index (κ1) is 18.5. The summed E-state index contributed by atoms with van der Waals surface area (Å²) < 4.78 is 29.5. The van der Waals surface area contributed by atoms with Crippen molar-refractivity contribution in [2.24, 2.45) is 7.05 Å². The van der Waals surface area contributed by atoms with Gasteiger partial charge >= 0.3 is 0 Å². The molecule has 0 aliphatic rings. The fourth-order valence-corrected chi connectivity index (χ4v) is 4.17. The van der Waals surface area contributed by atoms with Crippen molar-refractivity contribution in [1.82, 2.24) is 14.6 Å². The molecule has 1 rings (SSSR count). The Morgan fingerprint density at radius 1 is 1.38 bits per heavy atom. The molecule has 0 spiro atoms. The highest BCUT2D eigenvalue weighted by molar-refractivity contribution is 7.98. The third-order valence-electron chi connectivity index (χ3n) is 3.27. The van der Waals surface area contributed by atoms with Crippen LogP contribution >= 0.6 is 11.8 Å². The summed E-state index contributed by atoms with van der Waals surface area (Å²) in [4.78, 5) is 0.338. The van der Waals surface area contributed by atoms with Crippen LogP contribution in [-0.2, 0) is 23.6 Å². The molecule has 0 aliphatic carbocycles. The second-order valence-corrected chi connectivity index (χ2v) is 8.12. The predicted octanol–water partition coefficient (Wildman–Crippen LogP) is 1.94. The number of nitrogens with one attached hydrogen (secondary N) is 2. The molecule has 1 heterocycles. The van der Waals surface area contributed by atoms with Crippen molar-refractivity contribution in [3.8, 4) is 0 Å². The number of hydrogen-bond acceptors (Lipinski definition) is 4. The number of nitrogens with zero attached hydrogens (tertiary/aromatic N) is 1. The summed E-state index contributed by atoms with van der Waals surface area (Å²) in [5, 5.41) is 3.30. The lowest BCUT2D eigenvalue weighted by Crippen LogP contribution is -2.35. The van der Waals surface area contributed by atoms with E-state index in [0.29, 0.717) is 17.5 Å². The minimum absolute atomic E-state index is 0.0255. The van der Waals surface area contributed by atoms with Gasteiger partial charge in [0.1, 0.15) is 0 Å². The standard InChI is InChI=1S/C14H27N3O2S2/c1-6-12(10-20-5)16-21(18,19)14-7-13(17(4)9-14)8-15-11(2)3/h7,9,11-12,15-16H,6,8,10H2,1-5H3. The Morgan fingerprint density at radius 3 is 2.57 bits per heavy atom. The number of aromatic nitrogens is 1. The van der Waals surface area contributed by atoms with Gasteiger partial charge in [0.15, 0.2) is 0 Å². The number of hydrogen-bond donors (Lipinski definition) is 2. The van der Waals surface area contributed by atoms with Crippen LogP contribution in [0.4, 0.5) is 0 Å². The summed E-state index contributed by atoms with van der Waals surface area (Å²) in [6.45, 7) is 6.78. The Labute approximate surface area is 132 Å². The SMILES string of the molecule is CCC(CSC)NS(=O)(=O)c1cc(CNC(C)C)n(C)c1. The van der Waals surface area contributed by atoms with Crippen LogP contribution in [0.2, 0.25) is 0 Å². The molecule has 0 aliphatic heterocycles. The molecule has 21 heavy (non-hydrogen) atoms. The largest absolute Gasteiger partial charge is 0.352 e. The van der Waals surface area contributed by atoms with Crippen LogP contribution in [0.25, 0.3) is 0 Å². The Balaban J connectivity index is 2.86. The summed E-state index contributed by atoms with van der Waals surface area (Å²) in [5.41, 5.74) is 0.960. The van der Waals surface area contributed by atoms with Gasteiger partial charge in [0.2, 0.25) is 10.0 Å². The van der Waals surface area contributed by atoms with Crippen molar-refractivity contribution in [1.29, 1.82) is 0 Å². The van der Waals surface area contributed by atoms with E-state index in [-0.39, 0.29) is 6.04 Å². The van der Waals surface area contributed by atoms with Crippen molar-refractivity contribution >= 4 is 21.8 Å². The molecule has 1 atom stereocenters. The molecule has 0 fully saturated rings. The molecule has 0 saturated heterocycles. The maximum atomic E-state index is 12.4. The van der Waals surface area contributed by atoms with Crippen molar-refractivity contribution in [3.63, 3.8) is 0 Å². The van der Waals surface area contributed by atoms with Crippen LogP contribution in [-0.4, -0.2) is 37.1 Å². The molecule has 1 aromatic rings. The molecular weight excluding hydrogens is 306 g/mol. The summed E-state index contributed by atoms with van der Waals surface area (Å²) in [5.74, 6) is 0.782. The Morgan fingerprint density at radius 2 is 2.05 bits per heavy atom. The average molecular weight is 334 g/mol. The van der Waals surface area contributed by atoms with Crippen LogP contribution < -0.4 is 10.0 Å². The van der Waals surface area contributed by atoms with Gasteiger partial charge in [0.05, 0.1) is 4.90 Å². The smallest absolute Gasteiger partial charge is 0.242 e. The molecule has 0 amide bonds. The molecule has 0 bridgehead atoms. The van der Waals surface area contributed by atoms with E-state index < -0.39 is 10.0 Å². The van der Waals surface area contributed by atoms with E-state index in [4.69, 9.17) is 0 Å². The monoisotopic (exact) mass is 333 g/mol. The van der Waals surface area contributed by atoms with Gasteiger partial charge in [-0.25, -0.2) is 13.1 Å². The lowest BCUT2D eigenvalue weighted by Gasteiger charge is -2.15. The highest BCUT2D eigenvalue weighted by Crippen LogP contribution is 2.15. The molecule has 5 nitrogen and oxygen atoms in total. The van der Waals surface area contributed by atoms with Gasteiger partial charge in [-0.2, -0.15) is 11.8 Å². The van der Waals surface area contributed by atoms with E-state index in [1.54, 1.807) is 24.0 Å². The van der Waals surface area contributed by atoms with Crippen LogP contribution in [0.5, 0.6) is 0 Å². The van der Waals surface area contributed by atoms with E-state index in [1.807, 2.05) is 24.8 Å². The van der Waals surface area contributed by atoms with Gasteiger partial charge in [-0.15, -0.1) is 0 Å². The zero-order valence-corrected chi connectivity index (χ0v) is 15.1. The van der Waals surface area contributed by atoms with Crippen LogP contribution in [0, 0.1) is 0 Å². The van der Waals surface area contributed by atoms with Gasteiger partial charge in [-0.3, -0.25) is 0 Å². The molecule has 7 heteroatoms. The highest BCUT2D eigenvalue weighted by Gasteiger charge is 2.21. The molecule has 0 saturated carbocycles. The van der Waals surface area contributed by atoms with Gasteiger partial charge in [0, 0.05) is 43.3 Å². The van der Waals surface area contributed by atoms with E-state index in [2.05, 4.69) is 23.9 Å². The second-order valence-electron chi connectivity index (χ2n) is 5.50. The molecular formula is C14H27N3O2S2. The fraction of sp³-hybridized carbons (Fsp3) is 0.714.